The van der Waals surface area contributed by atoms with E-state index in [1.807, 2.05) is 0 Å². The fourth-order valence-electron chi connectivity index (χ4n) is 0.983. The first-order chi connectivity index (χ1) is 3.80. The summed E-state index contributed by atoms with van der Waals surface area (Å²) in [5.41, 5.74) is 0. The topological polar surface area (TPSA) is 29.5 Å². The predicted molar refractivity (Wildman–Crippen MR) is 30.7 cm³/mol. The molecule has 1 N–H and O–H groups in total. The largest absolute Gasteiger partial charge is 0.391 e. The highest BCUT2D eigenvalue weighted by Crippen LogP contribution is 2.14. The van der Waals surface area contributed by atoms with Gasteiger partial charge in [0.05, 0.1) is 12.2 Å². The molecule has 1 aliphatic rings. The number of hydrogen-bond donors (Lipinski definition) is 1. The highest BCUT2D eigenvalue weighted by Gasteiger charge is 2.19. The van der Waals surface area contributed by atoms with Gasteiger partial charge in [-0.25, -0.2) is 0 Å². The molecule has 0 saturated carbocycles. The average molecular weight is 116 g/mol. The molecule has 0 aliphatic carbocycles. The first-order valence-electron chi connectivity index (χ1n) is 3.10. The van der Waals surface area contributed by atoms with Crippen molar-refractivity contribution >= 4 is 0 Å². The Hall–Kier alpha value is -0.0800. The van der Waals surface area contributed by atoms with Gasteiger partial charge in [0.2, 0.25) is 0 Å². The zero-order valence-corrected chi connectivity index (χ0v) is 5.13. The summed E-state index contributed by atoms with van der Waals surface area (Å²) >= 11 is 0. The summed E-state index contributed by atoms with van der Waals surface area (Å²) in [5.74, 6) is 0. The fourth-order valence-corrected chi connectivity index (χ4v) is 0.983. The zero-order valence-electron chi connectivity index (χ0n) is 5.13. The van der Waals surface area contributed by atoms with Gasteiger partial charge in [0, 0.05) is 6.61 Å². The van der Waals surface area contributed by atoms with Crippen molar-refractivity contribution in [2.45, 2.75) is 32.0 Å². The quantitative estimate of drug-likeness (QED) is 0.542. The van der Waals surface area contributed by atoms with E-state index < -0.39 is 0 Å². The Morgan fingerprint density at radius 3 is 2.75 bits per heavy atom. The van der Waals surface area contributed by atoms with Gasteiger partial charge in [-0.15, -0.1) is 0 Å². The van der Waals surface area contributed by atoms with E-state index in [1.54, 1.807) is 6.92 Å². The molecule has 1 fully saturated rings. The molecular formula is C6H12O2. The van der Waals surface area contributed by atoms with Gasteiger partial charge < -0.3 is 9.84 Å². The third kappa shape index (κ3) is 1.20. The van der Waals surface area contributed by atoms with Crippen molar-refractivity contribution in [3.8, 4) is 0 Å². The number of aliphatic hydroxyl groups is 1. The molecule has 2 nitrogen and oxygen atoms in total. The van der Waals surface area contributed by atoms with E-state index in [4.69, 9.17) is 9.84 Å². The minimum Gasteiger partial charge on any atom is -0.391 e. The second-order valence-corrected chi connectivity index (χ2v) is 2.29. The molecule has 0 spiro atoms. The molecule has 0 aromatic rings. The highest BCUT2D eigenvalue weighted by molar-refractivity contribution is 4.68. The number of aliphatic hydroxyl groups excluding tert-OH is 1. The van der Waals surface area contributed by atoms with Gasteiger partial charge >= 0.3 is 0 Å². The van der Waals surface area contributed by atoms with Crippen molar-refractivity contribution in [1.29, 1.82) is 0 Å². The van der Waals surface area contributed by atoms with Crippen LogP contribution in [-0.2, 0) is 4.74 Å². The van der Waals surface area contributed by atoms with Crippen LogP contribution in [0.1, 0.15) is 19.8 Å². The lowest BCUT2D eigenvalue weighted by molar-refractivity contribution is 0.00856. The molecular weight excluding hydrogens is 104 g/mol. The van der Waals surface area contributed by atoms with Crippen LogP contribution in [-0.4, -0.2) is 23.9 Å². The molecule has 1 unspecified atom stereocenters. The van der Waals surface area contributed by atoms with Gasteiger partial charge in [-0.1, -0.05) is 0 Å². The summed E-state index contributed by atoms with van der Waals surface area (Å²) in [6, 6.07) is 0. The van der Waals surface area contributed by atoms with Crippen LogP contribution < -0.4 is 0 Å². The van der Waals surface area contributed by atoms with Crippen molar-refractivity contribution in [3.05, 3.63) is 0 Å². The third-order valence-corrected chi connectivity index (χ3v) is 1.50. The molecule has 2 atom stereocenters. The Balaban J connectivity index is 2.24. The van der Waals surface area contributed by atoms with Gasteiger partial charge in [-0.2, -0.15) is 0 Å². The Kier molecular flexibility index (Phi) is 1.86. The molecule has 8 heavy (non-hydrogen) atoms. The van der Waals surface area contributed by atoms with Gasteiger partial charge in [-0.05, 0) is 19.8 Å². The molecule has 0 bridgehead atoms. The first-order valence-corrected chi connectivity index (χ1v) is 3.10. The van der Waals surface area contributed by atoms with Crippen LogP contribution in [0.4, 0.5) is 0 Å². The van der Waals surface area contributed by atoms with Crippen LogP contribution in [0, 0.1) is 0 Å². The molecule has 0 aromatic heterocycles. The van der Waals surface area contributed by atoms with Crippen molar-refractivity contribution in [2.24, 2.45) is 0 Å². The Labute approximate surface area is 49.5 Å². The van der Waals surface area contributed by atoms with Crippen molar-refractivity contribution in [1.82, 2.24) is 0 Å². The highest BCUT2D eigenvalue weighted by atomic mass is 16.5. The molecule has 2 heteroatoms. The Morgan fingerprint density at radius 2 is 2.50 bits per heavy atom. The molecule has 0 aromatic carbocycles. The van der Waals surface area contributed by atoms with Crippen LogP contribution in [0.3, 0.4) is 0 Å². The standard InChI is InChI=1S/C6H12O2/c1-5(7)6-3-2-4-8-6/h5-7H,2-4H2,1H3/t5-,6?/m1/s1. The summed E-state index contributed by atoms with van der Waals surface area (Å²) in [4.78, 5) is 0. The third-order valence-electron chi connectivity index (χ3n) is 1.50. The van der Waals surface area contributed by atoms with E-state index in [0.29, 0.717) is 0 Å². The van der Waals surface area contributed by atoms with Gasteiger partial charge in [0.25, 0.3) is 0 Å². The second kappa shape index (κ2) is 2.46. The minimum absolute atomic E-state index is 0.120. The summed E-state index contributed by atoms with van der Waals surface area (Å²) in [7, 11) is 0. The summed E-state index contributed by atoms with van der Waals surface area (Å²) in [5, 5.41) is 8.93. The molecule has 1 aliphatic heterocycles. The van der Waals surface area contributed by atoms with Crippen LogP contribution >= 0.6 is 0 Å². The van der Waals surface area contributed by atoms with Gasteiger partial charge in [-0.3, -0.25) is 0 Å². The van der Waals surface area contributed by atoms with E-state index in [1.165, 1.54) is 0 Å². The van der Waals surface area contributed by atoms with Crippen molar-refractivity contribution in [3.63, 3.8) is 0 Å². The zero-order chi connectivity index (χ0) is 5.98. The lowest BCUT2D eigenvalue weighted by Crippen LogP contribution is -2.20. The van der Waals surface area contributed by atoms with Crippen molar-refractivity contribution < 1.29 is 9.84 Å². The van der Waals surface area contributed by atoms with E-state index in [2.05, 4.69) is 0 Å². The molecule has 1 saturated heterocycles. The maximum atomic E-state index is 8.93. The SMILES string of the molecule is C[C@@H](O)C1CCCO1. The van der Waals surface area contributed by atoms with Crippen LogP contribution in [0.15, 0.2) is 0 Å². The molecule has 1 heterocycles. The fraction of sp³-hybridized carbons (Fsp3) is 1.00. The lowest BCUT2D eigenvalue weighted by Gasteiger charge is -2.10. The monoisotopic (exact) mass is 116 g/mol. The first kappa shape index (κ1) is 6.05. The maximum absolute atomic E-state index is 8.93. The summed E-state index contributed by atoms with van der Waals surface area (Å²) in [6.07, 6.45) is 1.97. The van der Waals surface area contributed by atoms with Crippen molar-refractivity contribution in [2.75, 3.05) is 6.61 Å². The van der Waals surface area contributed by atoms with E-state index in [-0.39, 0.29) is 12.2 Å². The van der Waals surface area contributed by atoms with Crippen LogP contribution in [0.25, 0.3) is 0 Å². The van der Waals surface area contributed by atoms with Crippen LogP contribution in [0.5, 0.6) is 0 Å². The maximum Gasteiger partial charge on any atom is 0.0832 e. The number of rotatable bonds is 1. The summed E-state index contributed by atoms with van der Waals surface area (Å²) < 4.78 is 5.16. The molecule has 0 radical (unpaired) electrons. The predicted octanol–water partition coefficient (Wildman–Crippen LogP) is 0.546. The van der Waals surface area contributed by atoms with E-state index in [0.717, 1.165) is 19.4 Å². The normalized spacial score (nSPS) is 33.0. The van der Waals surface area contributed by atoms with Gasteiger partial charge in [0.1, 0.15) is 0 Å². The van der Waals surface area contributed by atoms with E-state index in [9.17, 15) is 0 Å². The molecule has 48 valence electrons. The van der Waals surface area contributed by atoms with Gasteiger partial charge in [0.15, 0.2) is 0 Å². The number of hydrogen-bond acceptors (Lipinski definition) is 2. The van der Waals surface area contributed by atoms with Crippen LogP contribution in [0.2, 0.25) is 0 Å². The summed E-state index contributed by atoms with van der Waals surface area (Å²) in [6.45, 7) is 2.60. The molecule has 0 amide bonds. The molecule has 1 rings (SSSR count). The average Bonchev–Trinajstić information content (AvgIpc) is 2.12. The second-order valence-electron chi connectivity index (χ2n) is 2.29. The minimum atomic E-state index is -0.280. The smallest absolute Gasteiger partial charge is 0.0832 e. The Morgan fingerprint density at radius 1 is 1.75 bits per heavy atom. The Bertz CT molecular complexity index is 64.9. The number of ether oxygens (including phenoxy) is 1. The lowest BCUT2D eigenvalue weighted by atomic mass is 10.2. The van der Waals surface area contributed by atoms with E-state index >= 15 is 0 Å².